The first kappa shape index (κ1) is 11.7. The van der Waals surface area contributed by atoms with Gasteiger partial charge in [0.1, 0.15) is 23.2 Å². The molecule has 0 atom stereocenters. The molecule has 0 fully saturated rings. The molecule has 7 nitrogen and oxygen atoms in total. The van der Waals surface area contributed by atoms with Gasteiger partial charge in [-0.15, -0.1) is 0 Å². The largest absolute Gasteiger partial charge is 0.463 e. The van der Waals surface area contributed by atoms with Crippen LogP contribution in [0.25, 0.3) is 11.0 Å². The minimum absolute atomic E-state index is 0.135. The first-order valence-corrected chi connectivity index (χ1v) is 5.84. The van der Waals surface area contributed by atoms with Crippen LogP contribution >= 0.6 is 0 Å². The molecule has 0 amide bonds. The van der Waals surface area contributed by atoms with Crippen LogP contribution in [0.3, 0.4) is 0 Å². The van der Waals surface area contributed by atoms with E-state index >= 15 is 0 Å². The molecule has 0 saturated carbocycles. The SMILES string of the molecule is Cn1ncc2c(=O)n(Cc3ccc(CN)o3)cnc21. The van der Waals surface area contributed by atoms with Crippen molar-refractivity contribution >= 4 is 11.0 Å². The summed E-state index contributed by atoms with van der Waals surface area (Å²) in [5.41, 5.74) is 5.92. The summed E-state index contributed by atoms with van der Waals surface area (Å²) >= 11 is 0. The number of furan rings is 1. The third kappa shape index (κ3) is 1.93. The maximum Gasteiger partial charge on any atom is 0.264 e. The normalized spacial score (nSPS) is 11.3. The van der Waals surface area contributed by atoms with Crippen LogP contribution in [0.15, 0.2) is 33.9 Å². The molecular weight excluding hydrogens is 246 g/mol. The molecule has 0 radical (unpaired) electrons. The van der Waals surface area contributed by atoms with Gasteiger partial charge in [-0.2, -0.15) is 5.10 Å². The van der Waals surface area contributed by atoms with Gasteiger partial charge in [-0.05, 0) is 12.1 Å². The van der Waals surface area contributed by atoms with Crippen LogP contribution in [0.4, 0.5) is 0 Å². The second kappa shape index (κ2) is 4.36. The molecule has 19 heavy (non-hydrogen) atoms. The first-order chi connectivity index (χ1) is 9.19. The molecule has 0 aliphatic heterocycles. The lowest BCUT2D eigenvalue weighted by Crippen LogP contribution is -2.20. The maximum absolute atomic E-state index is 12.2. The summed E-state index contributed by atoms with van der Waals surface area (Å²) in [7, 11) is 1.75. The average molecular weight is 259 g/mol. The van der Waals surface area contributed by atoms with Crippen LogP contribution in [-0.4, -0.2) is 19.3 Å². The van der Waals surface area contributed by atoms with Crippen molar-refractivity contribution in [3.8, 4) is 0 Å². The maximum atomic E-state index is 12.2. The highest BCUT2D eigenvalue weighted by atomic mass is 16.3. The highest BCUT2D eigenvalue weighted by molar-refractivity contribution is 5.72. The Morgan fingerprint density at radius 1 is 1.37 bits per heavy atom. The fourth-order valence-electron chi connectivity index (χ4n) is 1.96. The van der Waals surface area contributed by atoms with Crippen LogP contribution in [0, 0.1) is 0 Å². The lowest BCUT2D eigenvalue weighted by Gasteiger charge is -2.02. The molecule has 0 unspecified atom stereocenters. The monoisotopic (exact) mass is 259 g/mol. The number of aromatic nitrogens is 4. The number of nitrogens with zero attached hydrogens (tertiary/aromatic N) is 4. The van der Waals surface area contributed by atoms with Gasteiger partial charge in [0.05, 0.1) is 19.3 Å². The zero-order valence-electron chi connectivity index (χ0n) is 10.4. The average Bonchev–Trinajstić information content (AvgIpc) is 3.00. The van der Waals surface area contributed by atoms with E-state index in [0.717, 1.165) is 0 Å². The number of nitrogens with two attached hydrogens (primary N) is 1. The third-order valence-corrected chi connectivity index (χ3v) is 2.96. The highest BCUT2D eigenvalue weighted by Crippen LogP contribution is 2.09. The fourth-order valence-corrected chi connectivity index (χ4v) is 1.96. The van der Waals surface area contributed by atoms with E-state index in [1.165, 1.54) is 17.1 Å². The molecule has 0 aliphatic rings. The molecule has 0 bridgehead atoms. The predicted octanol–water partition coefficient (Wildman–Crippen LogP) is 0.230. The standard InChI is InChI=1S/C12H13N5O2/c1-16-11-10(5-15-16)12(18)17(7-14-11)6-9-3-2-8(4-13)19-9/h2-3,5,7H,4,6,13H2,1H3. The quantitative estimate of drug-likeness (QED) is 0.727. The van der Waals surface area contributed by atoms with Crippen molar-refractivity contribution in [1.29, 1.82) is 0 Å². The highest BCUT2D eigenvalue weighted by Gasteiger charge is 2.09. The van der Waals surface area contributed by atoms with Gasteiger partial charge >= 0.3 is 0 Å². The van der Waals surface area contributed by atoms with Gasteiger partial charge in [0.15, 0.2) is 5.65 Å². The van der Waals surface area contributed by atoms with Gasteiger partial charge in [0.2, 0.25) is 0 Å². The minimum atomic E-state index is -0.135. The van der Waals surface area contributed by atoms with Gasteiger partial charge in [-0.1, -0.05) is 0 Å². The Bertz CT molecular complexity index is 783. The van der Waals surface area contributed by atoms with E-state index in [9.17, 15) is 4.79 Å². The second-order valence-electron chi connectivity index (χ2n) is 4.26. The molecule has 3 aromatic rings. The Morgan fingerprint density at radius 2 is 2.16 bits per heavy atom. The van der Waals surface area contributed by atoms with Crippen molar-refractivity contribution in [2.75, 3.05) is 0 Å². The minimum Gasteiger partial charge on any atom is -0.463 e. The summed E-state index contributed by atoms with van der Waals surface area (Å²) in [6.45, 7) is 0.672. The molecule has 7 heteroatoms. The number of rotatable bonds is 3. The van der Waals surface area contributed by atoms with E-state index in [1.807, 2.05) is 6.07 Å². The lowest BCUT2D eigenvalue weighted by molar-refractivity contribution is 0.452. The number of hydrogen-bond donors (Lipinski definition) is 1. The van der Waals surface area contributed by atoms with E-state index in [0.29, 0.717) is 35.6 Å². The van der Waals surface area contributed by atoms with Crippen LogP contribution in [0.1, 0.15) is 11.5 Å². The molecule has 2 N–H and O–H groups in total. The zero-order valence-corrected chi connectivity index (χ0v) is 10.4. The molecule has 3 rings (SSSR count). The van der Waals surface area contributed by atoms with Gasteiger partial charge < -0.3 is 10.2 Å². The Balaban J connectivity index is 2.01. The van der Waals surface area contributed by atoms with Crippen molar-refractivity contribution in [3.63, 3.8) is 0 Å². The molecule has 3 aromatic heterocycles. The summed E-state index contributed by atoms with van der Waals surface area (Å²) in [6, 6.07) is 3.61. The number of aryl methyl sites for hydroxylation is 1. The van der Waals surface area contributed by atoms with Crippen molar-refractivity contribution in [2.45, 2.75) is 13.1 Å². The summed E-state index contributed by atoms with van der Waals surface area (Å²) < 4.78 is 8.53. The van der Waals surface area contributed by atoms with Crippen molar-refractivity contribution in [1.82, 2.24) is 19.3 Å². The van der Waals surface area contributed by atoms with Gasteiger partial charge in [0.25, 0.3) is 5.56 Å². The summed E-state index contributed by atoms with van der Waals surface area (Å²) in [5, 5.41) is 4.52. The molecule has 0 aromatic carbocycles. The molecule has 0 aliphatic carbocycles. The topological polar surface area (TPSA) is 91.9 Å². The second-order valence-corrected chi connectivity index (χ2v) is 4.26. The van der Waals surface area contributed by atoms with Crippen LogP contribution in [0.5, 0.6) is 0 Å². The van der Waals surface area contributed by atoms with Crippen LogP contribution < -0.4 is 11.3 Å². The van der Waals surface area contributed by atoms with Crippen molar-refractivity contribution < 1.29 is 4.42 Å². The number of hydrogen-bond acceptors (Lipinski definition) is 5. The zero-order chi connectivity index (χ0) is 13.4. The summed E-state index contributed by atoms with van der Waals surface area (Å²) in [6.07, 6.45) is 3.02. The number of fused-ring (bicyclic) bond motifs is 1. The summed E-state index contributed by atoms with van der Waals surface area (Å²) in [5.74, 6) is 1.37. The molecule has 3 heterocycles. The molecular formula is C12H13N5O2. The van der Waals surface area contributed by atoms with Crippen LogP contribution in [0.2, 0.25) is 0 Å². The van der Waals surface area contributed by atoms with Gasteiger partial charge in [-0.3, -0.25) is 14.0 Å². The molecule has 0 spiro atoms. The van der Waals surface area contributed by atoms with E-state index < -0.39 is 0 Å². The summed E-state index contributed by atoms with van der Waals surface area (Å²) in [4.78, 5) is 16.4. The Labute approximate surface area is 108 Å². The first-order valence-electron chi connectivity index (χ1n) is 5.84. The smallest absolute Gasteiger partial charge is 0.264 e. The van der Waals surface area contributed by atoms with Crippen molar-refractivity contribution in [3.05, 3.63) is 46.5 Å². The fraction of sp³-hybridized carbons (Fsp3) is 0.250. The van der Waals surface area contributed by atoms with E-state index in [-0.39, 0.29) is 5.56 Å². The van der Waals surface area contributed by atoms with E-state index in [2.05, 4.69) is 10.1 Å². The van der Waals surface area contributed by atoms with E-state index in [4.69, 9.17) is 10.2 Å². The van der Waals surface area contributed by atoms with E-state index in [1.54, 1.807) is 17.8 Å². The Hall–Kier alpha value is -2.41. The predicted molar refractivity (Wildman–Crippen MR) is 68.5 cm³/mol. The third-order valence-electron chi connectivity index (χ3n) is 2.96. The Morgan fingerprint density at radius 3 is 2.89 bits per heavy atom. The molecule has 0 saturated heterocycles. The van der Waals surface area contributed by atoms with Crippen molar-refractivity contribution in [2.24, 2.45) is 12.8 Å². The van der Waals surface area contributed by atoms with Gasteiger partial charge in [-0.25, -0.2) is 4.98 Å². The molecule has 98 valence electrons. The van der Waals surface area contributed by atoms with Crippen LogP contribution in [-0.2, 0) is 20.1 Å². The lowest BCUT2D eigenvalue weighted by atomic mass is 10.4. The van der Waals surface area contributed by atoms with Gasteiger partial charge in [0, 0.05) is 7.05 Å². The Kier molecular flexibility index (Phi) is 2.68.